The summed E-state index contributed by atoms with van der Waals surface area (Å²) in [5, 5.41) is 17.1. The third-order valence-corrected chi connectivity index (χ3v) is 6.07. The molecule has 2 amide bonds. The van der Waals surface area contributed by atoms with Crippen LogP contribution in [0.3, 0.4) is 0 Å². The van der Waals surface area contributed by atoms with E-state index >= 15 is 0 Å². The molecule has 0 bridgehead atoms. The first-order valence-electron chi connectivity index (χ1n) is 11.3. The zero-order chi connectivity index (χ0) is 25.0. The number of carbonyl (C=O) groups excluding carboxylic acids is 2. The van der Waals surface area contributed by atoms with Crippen molar-refractivity contribution in [2.75, 3.05) is 12.3 Å². The van der Waals surface area contributed by atoms with Crippen molar-refractivity contribution in [2.24, 2.45) is 5.16 Å². The maximum atomic E-state index is 13.1. The highest BCUT2D eigenvalue weighted by Crippen LogP contribution is 2.19. The topological polar surface area (TPSA) is 118 Å². The van der Waals surface area contributed by atoms with Gasteiger partial charge in [0.1, 0.15) is 17.7 Å². The number of amides is 2. The summed E-state index contributed by atoms with van der Waals surface area (Å²) < 4.78 is 5.46. The van der Waals surface area contributed by atoms with Crippen molar-refractivity contribution >= 4 is 34.8 Å². The van der Waals surface area contributed by atoms with E-state index in [9.17, 15) is 19.5 Å². The minimum absolute atomic E-state index is 0.00248. The maximum absolute atomic E-state index is 13.1. The number of ether oxygens (including phenoxy) is 1. The summed E-state index contributed by atoms with van der Waals surface area (Å²) in [4.78, 5) is 44.4. The molecule has 186 valence electrons. The summed E-state index contributed by atoms with van der Waals surface area (Å²) in [6.07, 6.45) is -1.12. The third-order valence-electron chi connectivity index (χ3n) is 5.20. The first-order valence-corrected chi connectivity index (χ1v) is 12.3. The van der Waals surface area contributed by atoms with Gasteiger partial charge in [-0.15, -0.1) is 11.8 Å². The lowest BCUT2D eigenvalue weighted by atomic mass is 10.1. The Bertz CT molecular complexity index is 1020. The highest BCUT2D eigenvalue weighted by molar-refractivity contribution is 8.13. The van der Waals surface area contributed by atoms with Crippen LogP contribution in [-0.2, 0) is 32.3 Å². The maximum Gasteiger partial charge on any atom is 0.411 e. The molecule has 0 saturated heterocycles. The highest BCUT2D eigenvalue weighted by atomic mass is 32.2. The molecule has 0 radical (unpaired) electrons. The van der Waals surface area contributed by atoms with Crippen molar-refractivity contribution in [3.05, 3.63) is 71.8 Å². The number of oxime groups is 1. The van der Waals surface area contributed by atoms with Gasteiger partial charge in [-0.2, -0.15) is 0 Å². The fourth-order valence-corrected chi connectivity index (χ4v) is 4.22. The predicted molar refractivity (Wildman–Crippen MR) is 133 cm³/mol. The molecule has 1 heterocycles. The summed E-state index contributed by atoms with van der Waals surface area (Å²) >= 11 is 1.57. The van der Waals surface area contributed by atoms with E-state index in [-0.39, 0.29) is 25.8 Å². The van der Waals surface area contributed by atoms with E-state index in [2.05, 4.69) is 10.5 Å². The van der Waals surface area contributed by atoms with Gasteiger partial charge in [0, 0.05) is 13.0 Å². The second-order valence-corrected chi connectivity index (χ2v) is 9.20. The first-order chi connectivity index (χ1) is 17.0. The fraction of sp³-hybridized carbons (Fsp3) is 0.360. The van der Waals surface area contributed by atoms with Crippen molar-refractivity contribution < 1.29 is 29.1 Å². The zero-order valence-corrected chi connectivity index (χ0v) is 20.3. The monoisotopic (exact) mass is 499 g/mol. The molecule has 1 aliphatic rings. The molecular formula is C25H29N3O6S. The summed E-state index contributed by atoms with van der Waals surface area (Å²) in [5.41, 5.74) is 1.51. The quantitative estimate of drug-likeness (QED) is 0.485. The van der Waals surface area contributed by atoms with Crippen LogP contribution in [0.25, 0.3) is 0 Å². The average molecular weight is 500 g/mol. The Morgan fingerprint density at radius 1 is 1.14 bits per heavy atom. The van der Waals surface area contributed by atoms with Gasteiger partial charge in [-0.05, 0) is 16.9 Å². The molecule has 35 heavy (non-hydrogen) atoms. The summed E-state index contributed by atoms with van der Waals surface area (Å²) in [6, 6.07) is 16.9. The summed E-state index contributed by atoms with van der Waals surface area (Å²) in [5.74, 6) is -0.942. The molecule has 0 aliphatic carbocycles. The molecule has 2 N–H and O–H groups in total. The van der Waals surface area contributed by atoms with Crippen molar-refractivity contribution in [1.29, 1.82) is 0 Å². The van der Waals surface area contributed by atoms with Crippen LogP contribution in [0.15, 0.2) is 65.8 Å². The number of carboxylic acids is 1. The van der Waals surface area contributed by atoms with Gasteiger partial charge in [-0.1, -0.05) is 72.7 Å². The van der Waals surface area contributed by atoms with Crippen molar-refractivity contribution in [3.63, 3.8) is 0 Å². The number of hydrogen-bond acceptors (Lipinski definition) is 7. The number of carbonyl (C=O) groups is 3. The van der Waals surface area contributed by atoms with Crippen LogP contribution in [0.2, 0.25) is 0 Å². The van der Waals surface area contributed by atoms with Crippen molar-refractivity contribution in [1.82, 2.24) is 10.2 Å². The van der Waals surface area contributed by atoms with E-state index in [0.717, 1.165) is 26.8 Å². The Morgan fingerprint density at radius 2 is 1.80 bits per heavy atom. The number of rotatable bonds is 11. The predicted octanol–water partition coefficient (Wildman–Crippen LogP) is 3.64. The Labute approximate surface area is 208 Å². The van der Waals surface area contributed by atoms with Crippen LogP contribution in [0.1, 0.15) is 30.9 Å². The van der Waals surface area contributed by atoms with Crippen LogP contribution in [-0.4, -0.2) is 57.5 Å². The second kappa shape index (κ2) is 13.4. The Morgan fingerprint density at radius 3 is 2.43 bits per heavy atom. The molecule has 9 nitrogen and oxygen atoms in total. The van der Waals surface area contributed by atoms with E-state index in [1.54, 1.807) is 36.0 Å². The van der Waals surface area contributed by atoms with Gasteiger partial charge in [0.05, 0.1) is 13.0 Å². The number of benzene rings is 2. The molecule has 10 heteroatoms. The minimum atomic E-state index is -1.28. The van der Waals surface area contributed by atoms with Crippen LogP contribution in [0, 0.1) is 0 Å². The van der Waals surface area contributed by atoms with Crippen LogP contribution in [0.4, 0.5) is 4.79 Å². The molecule has 2 aromatic carbocycles. The van der Waals surface area contributed by atoms with Gasteiger partial charge in [0.15, 0.2) is 6.10 Å². The smallest absolute Gasteiger partial charge is 0.411 e. The Hall–Kier alpha value is -3.53. The standard InChI is InChI=1S/C25H29N3O6S/c1-2-35-22-13-20(34-27-22)15-26-24(31)21(14-23(29)30)28(16-18-9-5-3-6-10-18)25(32)33-17-19-11-7-4-8-12-19/h3-12,20-21H,2,13-17H2,1H3,(H,26,31)(H,29,30)/t20-,21-/m0/s1. The van der Waals surface area contributed by atoms with Crippen molar-refractivity contribution in [2.45, 2.75) is 45.1 Å². The molecule has 0 unspecified atom stereocenters. The molecule has 3 rings (SSSR count). The van der Waals surface area contributed by atoms with Crippen molar-refractivity contribution in [3.8, 4) is 0 Å². The molecule has 0 spiro atoms. The largest absolute Gasteiger partial charge is 0.481 e. The van der Waals surface area contributed by atoms with Crippen LogP contribution < -0.4 is 5.32 Å². The third kappa shape index (κ3) is 8.32. The highest BCUT2D eigenvalue weighted by Gasteiger charge is 2.34. The zero-order valence-electron chi connectivity index (χ0n) is 19.5. The lowest BCUT2D eigenvalue weighted by Gasteiger charge is -2.29. The number of nitrogens with zero attached hydrogens (tertiary/aromatic N) is 2. The number of hydrogen-bond donors (Lipinski definition) is 2. The lowest BCUT2D eigenvalue weighted by molar-refractivity contribution is -0.141. The summed E-state index contributed by atoms with van der Waals surface area (Å²) in [6.45, 7) is 2.17. The first kappa shape index (κ1) is 26.1. The number of nitrogens with one attached hydrogen (secondary N) is 1. The molecule has 0 fully saturated rings. The molecule has 1 aliphatic heterocycles. The molecule has 0 saturated carbocycles. The van der Waals surface area contributed by atoms with E-state index in [1.165, 1.54) is 0 Å². The number of carboxylic acid groups (broad SMARTS) is 1. The molecule has 0 aromatic heterocycles. The Kier molecular flexibility index (Phi) is 9.97. The number of aliphatic carboxylic acids is 1. The van der Waals surface area contributed by atoms with Gasteiger partial charge in [0.2, 0.25) is 5.91 Å². The van der Waals surface area contributed by atoms with Crippen LogP contribution in [0.5, 0.6) is 0 Å². The van der Waals surface area contributed by atoms with Gasteiger partial charge in [-0.3, -0.25) is 14.5 Å². The lowest BCUT2D eigenvalue weighted by Crippen LogP contribution is -2.51. The number of thioether (sulfide) groups is 1. The summed E-state index contributed by atoms with van der Waals surface area (Å²) in [7, 11) is 0. The van der Waals surface area contributed by atoms with Gasteiger partial charge >= 0.3 is 12.1 Å². The van der Waals surface area contributed by atoms with Gasteiger partial charge < -0.3 is 20.0 Å². The molecule has 2 aromatic rings. The van der Waals surface area contributed by atoms with E-state index in [0.29, 0.717) is 6.42 Å². The minimum Gasteiger partial charge on any atom is -0.481 e. The molecular weight excluding hydrogens is 470 g/mol. The fourth-order valence-electron chi connectivity index (χ4n) is 3.49. The Balaban J connectivity index is 1.72. The van der Waals surface area contributed by atoms with E-state index in [4.69, 9.17) is 9.57 Å². The van der Waals surface area contributed by atoms with Gasteiger partial charge in [-0.25, -0.2) is 4.79 Å². The average Bonchev–Trinajstić information content (AvgIpc) is 3.32. The van der Waals surface area contributed by atoms with E-state index < -0.39 is 30.4 Å². The SMILES string of the molecule is CCSC1=NO[C@H](CNC(=O)[C@H](CC(=O)O)N(Cc2ccccc2)C(=O)OCc2ccccc2)C1. The normalized spacial score (nSPS) is 15.5. The molecule has 2 atom stereocenters. The van der Waals surface area contributed by atoms with Crippen LogP contribution >= 0.6 is 11.8 Å². The second-order valence-electron chi connectivity index (χ2n) is 7.86. The van der Waals surface area contributed by atoms with Gasteiger partial charge in [0.25, 0.3) is 0 Å². The van der Waals surface area contributed by atoms with E-state index in [1.807, 2.05) is 43.3 Å².